The van der Waals surface area contributed by atoms with Crippen molar-refractivity contribution >= 4 is 22.8 Å². The van der Waals surface area contributed by atoms with Crippen molar-refractivity contribution in [2.24, 2.45) is 23.2 Å². The van der Waals surface area contributed by atoms with E-state index in [4.69, 9.17) is 10.5 Å². The molecule has 0 unspecified atom stereocenters. The molecule has 1 aromatic carbocycles. The fourth-order valence-electron chi connectivity index (χ4n) is 7.41. The Morgan fingerprint density at radius 1 is 1.14 bits per heavy atom. The standard InChI is InChI=1S/C28H38N8O/c1-37-24-7-18(14-35-15-21-11-30-12-22(21)16-35)3-4-20(24)17-36-25-23(13-32-36)33-27(29)34-26(25)31-10-19-8-28(9-19)5-2-6-28/h3-4,7,13,19,21-22,30H,2,5-6,8-12,14-17H2,1H3,(H3,29,31,33,34)/t21-,22+. The molecule has 0 radical (unpaired) electrons. The van der Waals surface area contributed by atoms with Crippen molar-refractivity contribution < 1.29 is 4.74 Å². The van der Waals surface area contributed by atoms with Gasteiger partial charge < -0.3 is 21.1 Å². The highest BCUT2D eigenvalue weighted by atomic mass is 16.5. The molecule has 2 atom stereocenters. The Morgan fingerprint density at radius 3 is 2.68 bits per heavy atom. The lowest BCUT2D eigenvalue weighted by molar-refractivity contribution is -0.0185. The molecule has 37 heavy (non-hydrogen) atoms. The van der Waals surface area contributed by atoms with Crippen molar-refractivity contribution in [2.45, 2.75) is 45.2 Å². The molecule has 4 N–H and O–H groups in total. The Kier molecular flexibility index (Phi) is 5.73. The minimum atomic E-state index is 0.280. The maximum absolute atomic E-state index is 6.05. The third kappa shape index (κ3) is 4.32. The van der Waals surface area contributed by atoms with E-state index in [-0.39, 0.29) is 5.95 Å². The van der Waals surface area contributed by atoms with Gasteiger partial charge in [-0.2, -0.15) is 10.1 Å². The Morgan fingerprint density at radius 2 is 1.95 bits per heavy atom. The van der Waals surface area contributed by atoms with E-state index in [1.807, 2.05) is 4.68 Å². The van der Waals surface area contributed by atoms with E-state index >= 15 is 0 Å². The SMILES string of the molecule is COc1cc(CN2C[C@H]3CNC[C@H]3C2)ccc1Cn1ncc2nc(N)nc(NCC3CC4(CCC4)C3)c21. The van der Waals surface area contributed by atoms with E-state index in [1.54, 1.807) is 13.3 Å². The summed E-state index contributed by atoms with van der Waals surface area (Å²) in [4.78, 5) is 11.6. The van der Waals surface area contributed by atoms with Crippen LogP contribution in [-0.4, -0.2) is 64.5 Å². The molecule has 4 fully saturated rings. The summed E-state index contributed by atoms with van der Waals surface area (Å²) in [5.74, 6) is 4.27. The van der Waals surface area contributed by atoms with E-state index < -0.39 is 0 Å². The van der Waals surface area contributed by atoms with E-state index in [2.05, 4.69) is 48.8 Å². The Balaban J connectivity index is 1.07. The van der Waals surface area contributed by atoms with E-state index in [0.717, 1.165) is 66.2 Å². The quantitative estimate of drug-likeness (QED) is 0.432. The number of methoxy groups -OCH3 is 1. The second-order valence-corrected chi connectivity index (χ2v) is 12.0. The number of nitrogens with two attached hydrogens (primary N) is 1. The van der Waals surface area contributed by atoms with Crippen LogP contribution in [0.2, 0.25) is 0 Å². The number of anilines is 2. The molecule has 4 aliphatic rings. The molecular weight excluding hydrogens is 464 g/mol. The van der Waals surface area contributed by atoms with Gasteiger partial charge in [0.05, 0.1) is 19.9 Å². The number of aromatic nitrogens is 4. The molecule has 7 rings (SSSR count). The molecule has 2 aromatic heterocycles. The summed E-state index contributed by atoms with van der Waals surface area (Å²) in [5, 5.41) is 11.8. The molecule has 2 aliphatic heterocycles. The van der Waals surface area contributed by atoms with Crippen LogP contribution < -0.4 is 21.1 Å². The predicted molar refractivity (Wildman–Crippen MR) is 144 cm³/mol. The van der Waals surface area contributed by atoms with Crippen molar-refractivity contribution in [3.05, 3.63) is 35.5 Å². The molecule has 1 spiro atoms. The summed E-state index contributed by atoms with van der Waals surface area (Å²) in [5.41, 5.74) is 10.8. The number of rotatable bonds is 8. The number of fused-ring (bicyclic) bond motifs is 2. The fraction of sp³-hybridized carbons (Fsp3) is 0.607. The van der Waals surface area contributed by atoms with Crippen LogP contribution in [0.4, 0.5) is 11.8 Å². The summed E-state index contributed by atoms with van der Waals surface area (Å²) < 4.78 is 7.81. The predicted octanol–water partition coefficient (Wildman–Crippen LogP) is 3.11. The van der Waals surface area contributed by atoms with Gasteiger partial charge in [-0.15, -0.1) is 0 Å². The van der Waals surface area contributed by atoms with Crippen LogP contribution in [0, 0.1) is 23.2 Å². The number of hydrogen-bond acceptors (Lipinski definition) is 8. The Bertz CT molecular complexity index is 1280. The topological polar surface area (TPSA) is 106 Å². The van der Waals surface area contributed by atoms with Crippen molar-refractivity contribution in [1.29, 1.82) is 0 Å². The molecule has 196 valence electrons. The average molecular weight is 503 g/mol. The van der Waals surface area contributed by atoms with Crippen LogP contribution in [0.1, 0.15) is 43.2 Å². The summed E-state index contributed by atoms with van der Waals surface area (Å²) >= 11 is 0. The van der Waals surface area contributed by atoms with Gasteiger partial charge >= 0.3 is 0 Å². The molecule has 2 saturated heterocycles. The highest BCUT2D eigenvalue weighted by molar-refractivity contribution is 5.86. The van der Waals surface area contributed by atoms with E-state index in [9.17, 15) is 0 Å². The minimum Gasteiger partial charge on any atom is -0.496 e. The number of nitrogen functional groups attached to an aromatic ring is 1. The summed E-state index contributed by atoms with van der Waals surface area (Å²) in [6, 6.07) is 6.60. The summed E-state index contributed by atoms with van der Waals surface area (Å²) in [7, 11) is 1.75. The van der Waals surface area contributed by atoms with Crippen molar-refractivity contribution in [3.8, 4) is 5.75 Å². The van der Waals surface area contributed by atoms with Crippen LogP contribution >= 0.6 is 0 Å². The Labute approximate surface area is 218 Å². The molecule has 0 bridgehead atoms. The van der Waals surface area contributed by atoms with Gasteiger partial charge in [-0.3, -0.25) is 9.58 Å². The lowest BCUT2D eigenvalue weighted by Gasteiger charge is -2.54. The summed E-state index contributed by atoms with van der Waals surface area (Å²) in [6.45, 7) is 7.16. The lowest BCUT2D eigenvalue weighted by Crippen LogP contribution is -2.45. The number of ether oxygens (including phenoxy) is 1. The molecular formula is C28H38N8O. The highest BCUT2D eigenvalue weighted by Crippen LogP contribution is 2.58. The number of nitrogens with zero attached hydrogens (tertiary/aromatic N) is 5. The van der Waals surface area contributed by atoms with Crippen LogP contribution in [0.15, 0.2) is 24.4 Å². The lowest BCUT2D eigenvalue weighted by atomic mass is 9.52. The molecule has 4 heterocycles. The van der Waals surface area contributed by atoms with Gasteiger partial charge in [0.1, 0.15) is 16.8 Å². The molecule has 3 aromatic rings. The van der Waals surface area contributed by atoms with Gasteiger partial charge in [0.15, 0.2) is 5.82 Å². The third-order valence-electron chi connectivity index (χ3n) is 9.46. The van der Waals surface area contributed by atoms with Crippen LogP contribution in [0.25, 0.3) is 11.0 Å². The first kappa shape index (κ1) is 23.2. The number of likely N-dealkylation sites (tertiary alicyclic amines) is 1. The van der Waals surface area contributed by atoms with Gasteiger partial charge in [0, 0.05) is 31.7 Å². The summed E-state index contributed by atoms with van der Waals surface area (Å²) in [6.07, 6.45) is 8.69. The molecule has 9 nitrogen and oxygen atoms in total. The molecule has 2 saturated carbocycles. The van der Waals surface area contributed by atoms with Crippen molar-refractivity contribution in [1.82, 2.24) is 30.0 Å². The second kappa shape index (κ2) is 9.13. The van der Waals surface area contributed by atoms with Gasteiger partial charge in [0.2, 0.25) is 5.95 Å². The first-order valence-corrected chi connectivity index (χ1v) is 13.9. The monoisotopic (exact) mass is 502 g/mol. The van der Waals surface area contributed by atoms with E-state index in [1.165, 1.54) is 50.8 Å². The zero-order valence-corrected chi connectivity index (χ0v) is 21.7. The van der Waals surface area contributed by atoms with Crippen molar-refractivity contribution in [3.63, 3.8) is 0 Å². The fourth-order valence-corrected chi connectivity index (χ4v) is 7.41. The normalized spacial score (nSPS) is 24.8. The van der Waals surface area contributed by atoms with Crippen LogP contribution in [0.3, 0.4) is 0 Å². The minimum absolute atomic E-state index is 0.280. The first-order chi connectivity index (χ1) is 18.1. The van der Waals surface area contributed by atoms with Gasteiger partial charge in [-0.25, -0.2) is 4.98 Å². The second-order valence-electron chi connectivity index (χ2n) is 12.0. The number of nitrogens with one attached hydrogen (secondary N) is 2. The number of benzene rings is 1. The zero-order chi connectivity index (χ0) is 25.0. The average Bonchev–Trinajstić information content (AvgIpc) is 3.53. The number of hydrogen-bond donors (Lipinski definition) is 3. The molecule has 0 amide bonds. The van der Waals surface area contributed by atoms with Gasteiger partial charge in [-0.1, -0.05) is 18.6 Å². The van der Waals surface area contributed by atoms with E-state index in [0.29, 0.717) is 17.9 Å². The van der Waals surface area contributed by atoms with Gasteiger partial charge in [0.25, 0.3) is 0 Å². The van der Waals surface area contributed by atoms with Crippen LogP contribution in [-0.2, 0) is 13.1 Å². The van der Waals surface area contributed by atoms with Crippen LogP contribution in [0.5, 0.6) is 5.75 Å². The zero-order valence-electron chi connectivity index (χ0n) is 21.7. The maximum Gasteiger partial charge on any atom is 0.222 e. The van der Waals surface area contributed by atoms with Crippen molar-refractivity contribution in [2.75, 3.05) is 50.9 Å². The third-order valence-corrected chi connectivity index (χ3v) is 9.46. The molecule has 2 aliphatic carbocycles. The smallest absolute Gasteiger partial charge is 0.222 e. The highest BCUT2D eigenvalue weighted by Gasteiger charge is 2.47. The molecule has 9 heteroatoms. The Hall–Kier alpha value is -2.91. The van der Waals surface area contributed by atoms with Gasteiger partial charge in [-0.05, 0) is 73.6 Å². The largest absolute Gasteiger partial charge is 0.496 e. The first-order valence-electron chi connectivity index (χ1n) is 13.9. The maximum atomic E-state index is 6.05.